The Hall–Kier alpha value is -2.42. The number of nitriles is 1. The van der Waals surface area contributed by atoms with E-state index in [4.69, 9.17) is 5.26 Å². The van der Waals surface area contributed by atoms with Crippen molar-refractivity contribution in [3.05, 3.63) is 64.6 Å². The predicted octanol–water partition coefficient (Wildman–Crippen LogP) is 4.99. The third kappa shape index (κ3) is 3.38. The number of rotatable bonds is 5. The molecule has 0 saturated heterocycles. The molecule has 0 aromatic carbocycles. The quantitative estimate of drug-likeness (QED) is 0.669. The lowest BCUT2D eigenvalue weighted by Gasteiger charge is -2.47. The summed E-state index contributed by atoms with van der Waals surface area (Å²) in [6, 6.07) is 2.12. The maximum atomic E-state index is 12.0. The number of hydrogen-bond acceptors (Lipinski definition) is 4. The monoisotopic (exact) mass is 445 g/mol. The van der Waals surface area contributed by atoms with Crippen molar-refractivity contribution in [1.29, 1.82) is 5.26 Å². The molecule has 2 N–H and O–H groups in total. The zero-order chi connectivity index (χ0) is 23.4. The van der Waals surface area contributed by atoms with Crippen LogP contribution in [0.1, 0.15) is 71.3 Å². The van der Waals surface area contributed by atoms with E-state index in [1.54, 1.807) is 17.1 Å². The number of allylic oxidation sites excluding steroid dienone is 5. The zero-order valence-electron chi connectivity index (χ0n) is 20.0. The van der Waals surface area contributed by atoms with E-state index >= 15 is 0 Å². The highest BCUT2D eigenvalue weighted by Crippen LogP contribution is 2.58. The molecule has 1 heterocycles. The molecule has 4 aliphatic carbocycles. The van der Waals surface area contributed by atoms with Gasteiger partial charge in [-0.3, -0.25) is 4.68 Å². The topological polar surface area (TPSA) is 82.1 Å². The van der Waals surface area contributed by atoms with Gasteiger partial charge in [-0.2, -0.15) is 10.4 Å². The summed E-state index contributed by atoms with van der Waals surface area (Å²) < 4.78 is 1.76. The van der Waals surface area contributed by atoms with Gasteiger partial charge in [0.1, 0.15) is 11.7 Å². The summed E-state index contributed by atoms with van der Waals surface area (Å²) in [5.74, 6) is 0.387. The van der Waals surface area contributed by atoms with E-state index in [2.05, 4.69) is 50.2 Å². The van der Waals surface area contributed by atoms with Crippen LogP contribution in [-0.2, 0) is 6.54 Å². The van der Waals surface area contributed by atoms with E-state index in [9.17, 15) is 10.2 Å². The molecule has 1 fully saturated rings. The smallest absolute Gasteiger partial charge is 0.102 e. The van der Waals surface area contributed by atoms with Crippen molar-refractivity contribution in [2.24, 2.45) is 17.3 Å². The Labute approximate surface area is 196 Å². The fourth-order valence-corrected chi connectivity index (χ4v) is 6.99. The summed E-state index contributed by atoms with van der Waals surface area (Å²) >= 11 is 0. The molecule has 4 aliphatic rings. The van der Waals surface area contributed by atoms with Gasteiger partial charge in [-0.1, -0.05) is 50.1 Å². The molecule has 33 heavy (non-hydrogen) atoms. The van der Waals surface area contributed by atoms with Crippen LogP contribution in [-0.4, -0.2) is 31.2 Å². The van der Waals surface area contributed by atoms with E-state index in [1.807, 2.05) is 6.08 Å². The van der Waals surface area contributed by atoms with Gasteiger partial charge in [-0.05, 0) is 68.1 Å². The SMILES string of the molecule is CCC[C@@]1(O)CCC2=C3C=C[C@@]4(C)C(=C3CC[C@@H]2C1)C=C[C@]4(O)C(C)Cn1cc(C#N)cn1. The fraction of sp³-hybridized carbons (Fsp3) is 0.571. The van der Waals surface area contributed by atoms with Crippen LogP contribution in [0, 0.1) is 28.6 Å². The lowest BCUT2D eigenvalue weighted by Crippen LogP contribution is -2.49. The zero-order valence-corrected chi connectivity index (χ0v) is 20.0. The molecule has 0 radical (unpaired) electrons. The highest BCUT2D eigenvalue weighted by atomic mass is 16.3. The number of aromatic nitrogens is 2. The van der Waals surface area contributed by atoms with Gasteiger partial charge < -0.3 is 10.2 Å². The van der Waals surface area contributed by atoms with Gasteiger partial charge in [-0.15, -0.1) is 0 Å². The molecule has 1 saturated carbocycles. The molecule has 5 atom stereocenters. The normalized spacial score (nSPS) is 35.8. The van der Waals surface area contributed by atoms with Crippen molar-refractivity contribution in [2.45, 2.75) is 83.5 Å². The molecule has 1 unspecified atom stereocenters. The van der Waals surface area contributed by atoms with E-state index in [0.29, 0.717) is 18.0 Å². The maximum absolute atomic E-state index is 12.0. The Morgan fingerprint density at radius 3 is 2.82 bits per heavy atom. The van der Waals surface area contributed by atoms with Crippen molar-refractivity contribution in [3.63, 3.8) is 0 Å². The molecular weight excluding hydrogens is 410 g/mol. The summed E-state index contributed by atoms with van der Waals surface area (Å²) in [6.07, 6.45) is 18.6. The van der Waals surface area contributed by atoms with E-state index in [0.717, 1.165) is 44.9 Å². The average molecular weight is 446 g/mol. The van der Waals surface area contributed by atoms with Crippen LogP contribution in [0.2, 0.25) is 0 Å². The Morgan fingerprint density at radius 1 is 1.27 bits per heavy atom. The van der Waals surface area contributed by atoms with E-state index in [-0.39, 0.29) is 5.92 Å². The molecule has 5 rings (SSSR count). The van der Waals surface area contributed by atoms with Crippen LogP contribution in [0.15, 0.2) is 59.0 Å². The van der Waals surface area contributed by atoms with Crippen molar-refractivity contribution in [2.75, 3.05) is 0 Å². The predicted molar refractivity (Wildman–Crippen MR) is 128 cm³/mol. The molecule has 0 aliphatic heterocycles. The summed E-state index contributed by atoms with van der Waals surface area (Å²) in [7, 11) is 0. The van der Waals surface area contributed by atoms with Gasteiger partial charge >= 0.3 is 0 Å². The molecule has 174 valence electrons. The van der Waals surface area contributed by atoms with Crippen molar-refractivity contribution in [1.82, 2.24) is 9.78 Å². The molecule has 0 bridgehead atoms. The lowest BCUT2D eigenvalue weighted by atomic mass is 9.60. The minimum absolute atomic E-state index is 0.0859. The molecule has 5 nitrogen and oxygen atoms in total. The Kier molecular flexibility index (Phi) is 5.30. The van der Waals surface area contributed by atoms with Gasteiger partial charge in [0.15, 0.2) is 0 Å². The Balaban J connectivity index is 1.44. The highest BCUT2D eigenvalue weighted by molar-refractivity contribution is 5.62. The summed E-state index contributed by atoms with van der Waals surface area (Å²) in [5, 5.41) is 36.4. The first-order valence-electron chi connectivity index (χ1n) is 12.5. The maximum Gasteiger partial charge on any atom is 0.102 e. The summed E-state index contributed by atoms with van der Waals surface area (Å²) in [6.45, 7) is 6.91. The first-order chi connectivity index (χ1) is 15.7. The molecule has 0 amide bonds. The van der Waals surface area contributed by atoms with Gasteiger partial charge in [0.05, 0.1) is 17.4 Å². The highest BCUT2D eigenvalue weighted by Gasteiger charge is 2.55. The fourth-order valence-electron chi connectivity index (χ4n) is 6.99. The third-order valence-corrected chi connectivity index (χ3v) is 8.89. The van der Waals surface area contributed by atoms with Gasteiger partial charge in [0, 0.05) is 24.1 Å². The first-order valence-corrected chi connectivity index (χ1v) is 12.5. The van der Waals surface area contributed by atoms with Gasteiger partial charge in [0.2, 0.25) is 0 Å². The largest absolute Gasteiger partial charge is 0.390 e. The van der Waals surface area contributed by atoms with Crippen LogP contribution in [0.25, 0.3) is 0 Å². The second-order valence-corrected chi connectivity index (χ2v) is 10.9. The lowest BCUT2D eigenvalue weighted by molar-refractivity contribution is -0.0336. The molecule has 1 aromatic heterocycles. The molecular formula is C28H35N3O2. The number of fused-ring (bicyclic) bond motifs is 3. The second-order valence-electron chi connectivity index (χ2n) is 10.9. The van der Waals surface area contributed by atoms with Crippen molar-refractivity contribution >= 4 is 0 Å². The van der Waals surface area contributed by atoms with Crippen LogP contribution in [0.4, 0.5) is 0 Å². The summed E-state index contributed by atoms with van der Waals surface area (Å²) in [4.78, 5) is 0. The molecule has 0 spiro atoms. The first kappa shape index (κ1) is 22.4. The summed E-state index contributed by atoms with van der Waals surface area (Å²) in [5.41, 5.74) is 4.04. The minimum atomic E-state index is -1.02. The third-order valence-electron chi connectivity index (χ3n) is 8.89. The van der Waals surface area contributed by atoms with Gasteiger partial charge in [0.25, 0.3) is 0 Å². The molecule has 5 heteroatoms. The Bertz CT molecular complexity index is 1130. The minimum Gasteiger partial charge on any atom is -0.390 e. The average Bonchev–Trinajstić information content (AvgIpc) is 3.35. The standard InChI is InChI=1S/C28H35N3O2/c1-4-10-27(32)12-8-22-21(14-27)5-6-24-23(22)7-11-26(3)25(24)9-13-28(26,33)19(2)17-31-18-20(15-29)16-30-31/h7,9,11,13,16,18-19,21,32-33H,4-6,8,10,12,14,17H2,1-3H3/t19?,21-,26+,27-,28+/m1/s1. The van der Waals surface area contributed by atoms with E-state index < -0.39 is 16.6 Å². The Morgan fingerprint density at radius 2 is 2.09 bits per heavy atom. The number of aliphatic hydroxyl groups is 2. The number of nitrogens with zero attached hydrogens (tertiary/aromatic N) is 3. The van der Waals surface area contributed by atoms with Crippen molar-refractivity contribution < 1.29 is 10.2 Å². The second kappa shape index (κ2) is 7.82. The molecule has 1 aromatic rings. The van der Waals surface area contributed by atoms with Crippen LogP contribution >= 0.6 is 0 Å². The van der Waals surface area contributed by atoms with Crippen LogP contribution in [0.5, 0.6) is 0 Å². The van der Waals surface area contributed by atoms with Crippen molar-refractivity contribution in [3.8, 4) is 6.07 Å². The number of hydrogen-bond donors (Lipinski definition) is 2. The van der Waals surface area contributed by atoms with Crippen LogP contribution in [0.3, 0.4) is 0 Å². The van der Waals surface area contributed by atoms with Gasteiger partial charge in [-0.25, -0.2) is 0 Å². The van der Waals surface area contributed by atoms with E-state index in [1.165, 1.54) is 22.3 Å². The van der Waals surface area contributed by atoms with Crippen LogP contribution < -0.4 is 0 Å².